The largest absolute Gasteiger partial charge is 0.469 e. The molecule has 1 aromatic carbocycles. The van der Waals surface area contributed by atoms with Gasteiger partial charge < -0.3 is 20.7 Å². The van der Waals surface area contributed by atoms with Crippen molar-refractivity contribution in [1.29, 1.82) is 0 Å². The number of hydrogen-bond donors (Lipinski definition) is 3. The molecule has 2 aromatic rings. The lowest BCUT2D eigenvalue weighted by Gasteiger charge is -2.18. The van der Waals surface area contributed by atoms with E-state index in [9.17, 15) is 24.5 Å². The number of nitro benzene ring substituents is 1. The minimum absolute atomic E-state index is 0. The number of carbonyl (C=O) groups is 3. The number of esters is 1. The lowest BCUT2D eigenvalue weighted by molar-refractivity contribution is -0.385. The van der Waals surface area contributed by atoms with Crippen molar-refractivity contribution in [2.24, 2.45) is 0 Å². The van der Waals surface area contributed by atoms with E-state index < -0.39 is 22.8 Å². The minimum Gasteiger partial charge on any atom is -0.469 e. The highest BCUT2D eigenvalue weighted by atomic mass is 35.5. The number of pyridine rings is 1. The second kappa shape index (κ2) is 14.4. The van der Waals surface area contributed by atoms with Crippen molar-refractivity contribution >= 4 is 41.7 Å². The fourth-order valence-corrected chi connectivity index (χ4v) is 2.88. The van der Waals surface area contributed by atoms with Gasteiger partial charge in [-0.3, -0.25) is 24.5 Å². The first-order valence-electron chi connectivity index (χ1n) is 9.91. The highest BCUT2D eigenvalue weighted by molar-refractivity contribution is 5.86. The monoisotopic (exact) mass is 479 g/mol. The molecule has 1 heterocycles. The van der Waals surface area contributed by atoms with Crippen LogP contribution in [0.2, 0.25) is 0 Å². The number of nitro groups is 1. The van der Waals surface area contributed by atoms with E-state index in [0.717, 1.165) is 0 Å². The summed E-state index contributed by atoms with van der Waals surface area (Å²) in [5.74, 6) is -0.841. The summed E-state index contributed by atoms with van der Waals surface area (Å²) in [6.45, 7) is 0.209. The molecular formula is C21H26ClN5O6. The van der Waals surface area contributed by atoms with Gasteiger partial charge in [0, 0.05) is 25.2 Å². The number of hydrogen-bond acceptors (Lipinski definition) is 8. The SMILES string of the molecule is COC(=O)CC(NC(=O)CNC(=O)CCCNc1ccccn1)c1ccccc1[N+](=O)[O-].Cl. The number of aromatic nitrogens is 1. The molecule has 178 valence electrons. The van der Waals surface area contributed by atoms with Crippen LogP contribution in [0.4, 0.5) is 11.5 Å². The van der Waals surface area contributed by atoms with Crippen molar-refractivity contribution in [3.63, 3.8) is 0 Å². The van der Waals surface area contributed by atoms with Gasteiger partial charge in [0.2, 0.25) is 11.8 Å². The predicted molar refractivity (Wildman–Crippen MR) is 123 cm³/mol. The Kier molecular flexibility index (Phi) is 11.9. The van der Waals surface area contributed by atoms with E-state index in [0.29, 0.717) is 18.8 Å². The number of para-hydroxylation sites is 1. The van der Waals surface area contributed by atoms with Gasteiger partial charge in [-0.2, -0.15) is 0 Å². The summed E-state index contributed by atoms with van der Waals surface area (Å²) in [7, 11) is 1.18. The van der Waals surface area contributed by atoms with Crippen molar-refractivity contribution in [1.82, 2.24) is 15.6 Å². The van der Waals surface area contributed by atoms with Gasteiger partial charge in [0.15, 0.2) is 0 Å². The van der Waals surface area contributed by atoms with Gasteiger partial charge in [-0.25, -0.2) is 4.98 Å². The van der Waals surface area contributed by atoms with E-state index in [1.165, 1.54) is 25.3 Å². The van der Waals surface area contributed by atoms with Crippen LogP contribution >= 0.6 is 12.4 Å². The summed E-state index contributed by atoms with van der Waals surface area (Å²) in [4.78, 5) is 50.9. The standard InChI is InChI=1S/C21H25N5O6.ClH/c1-32-21(29)13-16(15-7-2-3-8-17(15)26(30)31)25-20(28)14-24-19(27)10-6-12-23-18-9-4-5-11-22-18;/h2-5,7-9,11,16H,6,10,12-14H2,1H3,(H,22,23)(H,24,27)(H,25,28);1H. The highest BCUT2D eigenvalue weighted by Crippen LogP contribution is 2.27. The van der Waals surface area contributed by atoms with Crippen molar-refractivity contribution < 1.29 is 24.0 Å². The predicted octanol–water partition coefficient (Wildman–Crippen LogP) is 2.14. The molecule has 12 heteroatoms. The van der Waals surface area contributed by atoms with Crippen LogP contribution < -0.4 is 16.0 Å². The third kappa shape index (κ3) is 9.52. The third-order valence-corrected chi connectivity index (χ3v) is 4.44. The van der Waals surface area contributed by atoms with E-state index in [1.54, 1.807) is 18.3 Å². The zero-order valence-corrected chi connectivity index (χ0v) is 18.8. The molecule has 0 fully saturated rings. The number of nitrogens with one attached hydrogen (secondary N) is 3. The topological polar surface area (TPSA) is 153 Å². The molecule has 0 saturated carbocycles. The summed E-state index contributed by atoms with van der Waals surface area (Å²) in [6.07, 6.45) is 2.10. The van der Waals surface area contributed by atoms with Crippen molar-refractivity contribution in [2.45, 2.75) is 25.3 Å². The molecule has 2 rings (SSSR count). The number of rotatable bonds is 12. The molecule has 1 unspecified atom stereocenters. The Hall–Kier alpha value is -3.73. The molecule has 3 N–H and O–H groups in total. The summed E-state index contributed by atoms with van der Waals surface area (Å²) < 4.78 is 4.63. The Morgan fingerprint density at radius 3 is 2.52 bits per heavy atom. The number of benzene rings is 1. The Bertz CT molecular complexity index is 944. The number of nitrogens with zero attached hydrogens (tertiary/aromatic N) is 2. The molecule has 0 aliphatic heterocycles. The van der Waals surface area contributed by atoms with Crippen LogP contribution in [0.5, 0.6) is 0 Å². The highest BCUT2D eigenvalue weighted by Gasteiger charge is 2.26. The van der Waals surface area contributed by atoms with Gasteiger partial charge in [-0.1, -0.05) is 24.3 Å². The third-order valence-electron chi connectivity index (χ3n) is 4.44. The Balaban J connectivity index is 0.00000544. The van der Waals surface area contributed by atoms with Gasteiger partial charge >= 0.3 is 5.97 Å². The second-order valence-corrected chi connectivity index (χ2v) is 6.74. The summed E-state index contributed by atoms with van der Waals surface area (Å²) in [6, 6.07) is 10.3. The molecule has 2 amide bonds. The van der Waals surface area contributed by atoms with Crippen LogP contribution in [0.25, 0.3) is 0 Å². The first-order chi connectivity index (χ1) is 15.4. The number of ether oxygens (including phenoxy) is 1. The molecule has 1 aromatic heterocycles. The number of halogens is 1. The maximum atomic E-state index is 12.3. The summed E-state index contributed by atoms with van der Waals surface area (Å²) >= 11 is 0. The van der Waals surface area contributed by atoms with E-state index in [1.807, 2.05) is 12.1 Å². The first kappa shape index (κ1) is 27.3. The molecule has 0 aliphatic carbocycles. The van der Waals surface area contributed by atoms with E-state index in [4.69, 9.17) is 0 Å². The summed E-state index contributed by atoms with van der Waals surface area (Å²) in [5.41, 5.74) is -0.0608. The van der Waals surface area contributed by atoms with Gasteiger partial charge in [0.25, 0.3) is 5.69 Å². The Morgan fingerprint density at radius 2 is 1.85 bits per heavy atom. The fourth-order valence-electron chi connectivity index (χ4n) is 2.88. The van der Waals surface area contributed by atoms with Crippen molar-refractivity contribution in [2.75, 3.05) is 25.5 Å². The number of anilines is 1. The van der Waals surface area contributed by atoms with Crippen LogP contribution in [0.3, 0.4) is 0 Å². The van der Waals surface area contributed by atoms with Crippen LogP contribution in [0.1, 0.15) is 30.9 Å². The van der Waals surface area contributed by atoms with Crippen LogP contribution in [-0.4, -0.2) is 47.9 Å². The Morgan fingerprint density at radius 1 is 1.12 bits per heavy atom. The summed E-state index contributed by atoms with van der Waals surface area (Å²) in [5, 5.41) is 19.4. The van der Waals surface area contributed by atoms with Gasteiger partial charge in [0.1, 0.15) is 5.82 Å². The average molecular weight is 480 g/mol. The molecule has 11 nitrogen and oxygen atoms in total. The van der Waals surface area contributed by atoms with Crippen LogP contribution in [0.15, 0.2) is 48.7 Å². The Labute approximate surface area is 196 Å². The molecule has 0 spiro atoms. The smallest absolute Gasteiger partial charge is 0.307 e. The zero-order valence-electron chi connectivity index (χ0n) is 18.0. The van der Waals surface area contributed by atoms with Gasteiger partial charge in [-0.15, -0.1) is 12.4 Å². The number of carbonyl (C=O) groups excluding carboxylic acids is 3. The van der Waals surface area contributed by atoms with Crippen molar-refractivity contribution in [3.05, 3.63) is 64.3 Å². The molecule has 0 bridgehead atoms. The van der Waals surface area contributed by atoms with Gasteiger partial charge in [0.05, 0.1) is 36.6 Å². The molecule has 33 heavy (non-hydrogen) atoms. The lowest BCUT2D eigenvalue weighted by Crippen LogP contribution is -2.39. The zero-order chi connectivity index (χ0) is 23.3. The van der Waals surface area contributed by atoms with Crippen molar-refractivity contribution in [3.8, 4) is 0 Å². The number of methoxy groups -OCH3 is 1. The number of amides is 2. The van der Waals surface area contributed by atoms with Crippen LogP contribution in [0, 0.1) is 10.1 Å². The second-order valence-electron chi connectivity index (χ2n) is 6.74. The molecule has 0 aliphatic rings. The lowest BCUT2D eigenvalue weighted by atomic mass is 10.0. The quantitative estimate of drug-likeness (QED) is 0.181. The van der Waals surface area contributed by atoms with E-state index in [2.05, 4.69) is 25.7 Å². The molecule has 1 atom stereocenters. The minimum atomic E-state index is -0.976. The van der Waals surface area contributed by atoms with E-state index >= 15 is 0 Å². The fraction of sp³-hybridized carbons (Fsp3) is 0.333. The first-order valence-corrected chi connectivity index (χ1v) is 9.91. The normalized spacial score (nSPS) is 10.8. The van der Waals surface area contributed by atoms with E-state index in [-0.39, 0.29) is 49.0 Å². The maximum absolute atomic E-state index is 12.3. The van der Waals surface area contributed by atoms with Crippen LogP contribution in [-0.2, 0) is 19.1 Å². The molecular weight excluding hydrogens is 454 g/mol. The van der Waals surface area contributed by atoms with Gasteiger partial charge in [-0.05, 0) is 18.6 Å². The molecule has 0 radical (unpaired) electrons. The molecule has 0 saturated heterocycles. The average Bonchev–Trinajstić information content (AvgIpc) is 2.80. The maximum Gasteiger partial charge on any atom is 0.307 e.